The predicted octanol–water partition coefficient (Wildman–Crippen LogP) is 1.42. The molecule has 9 heteroatoms. The average Bonchev–Trinajstić information content (AvgIpc) is 3.02. The minimum absolute atomic E-state index is 0.104. The summed E-state index contributed by atoms with van der Waals surface area (Å²) in [5.41, 5.74) is 1.31. The third kappa shape index (κ3) is 4.67. The number of carbonyl (C=O) groups is 2. The number of nitro groups is 1. The number of anilines is 1. The zero-order valence-corrected chi connectivity index (χ0v) is 14.4. The van der Waals surface area contributed by atoms with Crippen molar-refractivity contribution >= 4 is 23.2 Å². The Kier molecular flexibility index (Phi) is 6.07. The minimum Gasteiger partial charge on any atom is -0.387 e. The van der Waals surface area contributed by atoms with Crippen molar-refractivity contribution in [2.75, 3.05) is 11.9 Å². The van der Waals surface area contributed by atoms with E-state index in [1.165, 1.54) is 18.2 Å². The Balaban J connectivity index is 1.88. The van der Waals surface area contributed by atoms with Gasteiger partial charge in [-0.1, -0.05) is 6.07 Å². The van der Waals surface area contributed by atoms with Crippen molar-refractivity contribution in [3.05, 3.63) is 57.9 Å². The first-order chi connectivity index (χ1) is 12.3. The molecule has 1 unspecified atom stereocenters. The lowest BCUT2D eigenvalue weighted by Crippen LogP contribution is -2.36. The van der Waals surface area contributed by atoms with Gasteiger partial charge < -0.3 is 20.3 Å². The number of nitro benzene ring substituents is 1. The molecule has 2 aromatic rings. The van der Waals surface area contributed by atoms with Gasteiger partial charge in [0.2, 0.25) is 0 Å². The number of nitrogens with zero attached hydrogens (tertiary/aromatic N) is 2. The smallest absolute Gasteiger partial charge is 0.313 e. The molecule has 3 N–H and O–H groups in total. The molecule has 0 radical (unpaired) electrons. The van der Waals surface area contributed by atoms with E-state index in [1.807, 2.05) is 0 Å². The lowest BCUT2D eigenvalue weighted by molar-refractivity contribution is -0.384. The van der Waals surface area contributed by atoms with Crippen LogP contribution >= 0.6 is 0 Å². The van der Waals surface area contributed by atoms with Crippen molar-refractivity contribution in [3.8, 4) is 0 Å². The topological polar surface area (TPSA) is 126 Å². The van der Waals surface area contributed by atoms with Crippen LogP contribution in [0.5, 0.6) is 0 Å². The van der Waals surface area contributed by atoms with Crippen LogP contribution in [0.1, 0.15) is 23.8 Å². The number of aryl methyl sites for hydroxylation is 2. The fraction of sp³-hybridized carbons (Fsp3) is 0.294. The molecule has 0 saturated carbocycles. The van der Waals surface area contributed by atoms with Crippen molar-refractivity contribution in [2.45, 2.75) is 19.4 Å². The second-order valence-corrected chi connectivity index (χ2v) is 5.81. The number of hydrogen-bond acceptors (Lipinski definition) is 5. The molecule has 0 aliphatic carbocycles. The maximum atomic E-state index is 11.9. The second-order valence-electron chi connectivity index (χ2n) is 5.81. The van der Waals surface area contributed by atoms with Crippen LogP contribution in [0.2, 0.25) is 0 Å². The van der Waals surface area contributed by atoms with Gasteiger partial charge in [-0.3, -0.25) is 19.7 Å². The Hall–Kier alpha value is -3.20. The third-order valence-corrected chi connectivity index (χ3v) is 3.92. The number of benzene rings is 1. The minimum atomic E-state index is -0.929. The molecular weight excluding hydrogens is 340 g/mol. The zero-order chi connectivity index (χ0) is 19.3. The van der Waals surface area contributed by atoms with E-state index in [-0.39, 0.29) is 24.3 Å². The van der Waals surface area contributed by atoms with Gasteiger partial charge in [0.15, 0.2) is 0 Å². The van der Waals surface area contributed by atoms with Crippen LogP contribution in [-0.4, -0.2) is 33.0 Å². The molecule has 1 aromatic carbocycles. The van der Waals surface area contributed by atoms with Gasteiger partial charge in [-0.25, -0.2) is 0 Å². The van der Waals surface area contributed by atoms with E-state index in [2.05, 4.69) is 10.6 Å². The highest BCUT2D eigenvalue weighted by molar-refractivity contribution is 6.39. The fourth-order valence-electron chi connectivity index (χ4n) is 2.41. The molecule has 1 heterocycles. The van der Waals surface area contributed by atoms with Crippen molar-refractivity contribution in [1.82, 2.24) is 9.88 Å². The van der Waals surface area contributed by atoms with Crippen LogP contribution in [0.4, 0.5) is 11.4 Å². The van der Waals surface area contributed by atoms with Crippen LogP contribution < -0.4 is 10.6 Å². The number of aromatic nitrogens is 1. The normalized spacial score (nSPS) is 11.7. The third-order valence-electron chi connectivity index (χ3n) is 3.92. The summed E-state index contributed by atoms with van der Waals surface area (Å²) < 4.78 is 1.77. The molecular formula is C17H20N4O5. The van der Waals surface area contributed by atoms with Gasteiger partial charge in [0.05, 0.1) is 16.7 Å². The predicted molar refractivity (Wildman–Crippen MR) is 94.5 cm³/mol. The highest BCUT2D eigenvalue weighted by atomic mass is 16.6. The highest BCUT2D eigenvalue weighted by Gasteiger charge is 2.17. The van der Waals surface area contributed by atoms with Crippen molar-refractivity contribution in [2.24, 2.45) is 7.05 Å². The molecule has 0 saturated heterocycles. The number of non-ortho nitro benzene ring substituents is 1. The zero-order valence-electron chi connectivity index (χ0n) is 14.4. The number of aliphatic hydroxyl groups excluding tert-OH is 1. The molecule has 0 spiro atoms. The molecule has 1 atom stereocenters. The van der Waals surface area contributed by atoms with Gasteiger partial charge in [0, 0.05) is 37.6 Å². The number of aliphatic hydroxyl groups is 1. The Morgan fingerprint density at radius 2 is 2.04 bits per heavy atom. The largest absolute Gasteiger partial charge is 0.387 e. The average molecular weight is 360 g/mol. The molecule has 9 nitrogen and oxygen atoms in total. The van der Waals surface area contributed by atoms with Crippen LogP contribution in [-0.2, 0) is 16.6 Å². The lowest BCUT2D eigenvalue weighted by atomic mass is 10.1. The first kappa shape index (κ1) is 19.1. The van der Waals surface area contributed by atoms with Gasteiger partial charge in [-0.05, 0) is 31.0 Å². The summed E-state index contributed by atoms with van der Waals surface area (Å²) >= 11 is 0. The molecule has 0 fully saturated rings. The molecule has 26 heavy (non-hydrogen) atoms. The summed E-state index contributed by atoms with van der Waals surface area (Å²) in [6, 6.07) is 7.56. The van der Waals surface area contributed by atoms with Crippen molar-refractivity contribution in [3.63, 3.8) is 0 Å². The van der Waals surface area contributed by atoms with E-state index in [9.17, 15) is 24.8 Å². The van der Waals surface area contributed by atoms with E-state index in [0.717, 1.165) is 0 Å². The molecule has 0 aliphatic heterocycles. The monoisotopic (exact) mass is 360 g/mol. The molecule has 138 valence electrons. The Morgan fingerprint density at radius 1 is 1.31 bits per heavy atom. The second kappa shape index (κ2) is 8.26. The molecule has 0 bridgehead atoms. The first-order valence-corrected chi connectivity index (χ1v) is 7.93. The van der Waals surface area contributed by atoms with Crippen LogP contribution in [0.25, 0.3) is 0 Å². The number of carbonyl (C=O) groups excluding carboxylic acids is 2. The fourth-order valence-corrected chi connectivity index (χ4v) is 2.41. The summed E-state index contributed by atoms with van der Waals surface area (Å²) in [5.74, 6) is -1.81. The summed E-state index contributed by atoms with van der Waals surface area (Å²) in [6.45, 7) is 1.76. The lowest BCUT2D eigenvalue weighted by Gasteiger charge is -2.13. The summed E-state index contributed by atoms with van der Waals surface area (Å²) in [5, 5.41) is 25.6. The van der Waals surface area contributed by atoms with Crippen LogP contribution in [0.3, 0.4) is 0 Å². The Morgan fingerprint density at radius 3 is 2.65 bits per heavy atom. The summed E-state index contributed by atoms with van der Waals surface area (Å²) in [4.78, 5) is 34.0. The number of hydrogen-bond donors (Lipinski definition) is 3. The van der Waals surface area contributed by atoms with Gasteiger partial charge in [-0.15, -0.1) is 0 Å². The van der Waals surface area contributed by atoms with Crippen LogP contribution in [0.15, 0.2) is 36.5 Å². The number of amides is 2. The van der Waals surface area contributed by atoms with Crippen molar-refractivity contribution in [1.29, 1.82) is 0 Å². The molecule has 1 aromatic heterocycles. The van der Waals surface area contributed by atoms with Crippen LogP contribution in [0, 0.1) is 17.0 Å². The Labute approximate surface area is 149 Å². The maximum Gasteiger partial charge on any atom is 0.313 e. The van der Waals surface area contributed by atoms with E-state index >= 15 is 0 Å². The van der Waals surface area contributed by atoms with Crippen molar-refractivity contribution < 1.29 is 19.6 Å². The SMILES string of the molecule is Cc1ccc([N+](=O)[O-])cc1NC(=O)C(=O)NCCC(O)c1cccn1C. The van der Waals surface area contributed by atoms with E-state index < -0.39 is 22.8 Å². The summed E-state index contributed by atoms with van der Waals surface area (Å²) in [6.07, 6.45) is 1.27. The van der Waals surface area contributed by atoms with Gasteiger partial charge in [0.25, 0.3) is 5.69 Å². The first-order valence-electron chi connectivity index (χ1n) is 7.93. The molecule has 2 amide bonds. The van der Waals surface area contributed by atoms with Gasteiger partial charge in [0.1, 0.15) is 0 Å². The quantitative estimate of drug-likeness (QED) is 0.408. The highest BCUT2D eigenvalue weighted by Crippen LogP contribution is 2.21. The number of rotatable bonds is 6. The van der Waals surface area contributed by atoms with E-state index in [1.54, 1.807) is 36.9 Å². The maximum absolute atomic E-state index is 11.9. The van der Waals surface area contributed by atoms with Gasteiger partial charge in [-0.2, -0.15) is 0 Å². The molecule has 0 aliphatic rings. The standard InChI is InChI=1S/C17H20N4O5/c1-11-5-6-12(21(25)26)10-13(11)19-17(24)16(23)18-8-7-15(22)14-4-3-9-20(14)2/h3-6,9-10,15,22H,7-8H2,1-2H3,(H,18,23)(H,19,24). The Bertz CT molecular complexity index is 830. The summed E-state index contributed by atoms with van der Waals surface area (Å²) in [7, 11) is 1.80. The van der Waals surface area contributed by atoms with E-state index in [4.69, 9.17) is 0 Å². The van der Waals surface area contributed by atoms with Gasteiger partial charge >= 0.3 is 11.8 Å². The molecule has 2 rings (SSSR count). The van der Waals surface area contributed by atoms with E-state index in [0.29, 0.717) is 11.3 Å². The number of nitrogens with one attached hydrogen (secondary N) is 2.